The molecule has 0 aliphatic carbocycles. The third kappa shape index (κ3) is 4.95. The van der Waals surface area contributed by atoms with Crippen molar-refractivity contribution in [3.05, 3.63) is 57.6 Å². The van der Waals surface area contributed by atoms with Crippen LogP contribution >= 0.6 is 23.2 Å². The van der Waals surface area contributed by atoms with Gasteiger partial charge in [-0.2, -0.15) is 0 Å². The Balaban J connectivity index is 2.03. The fraction of sp³-hybridized carbons (Fsp3) is 0.188. The molecular formula is C16H16Cl2N2O3S. The molecule has 0 saturated heterocycles. The van der Waals surface area contributed by atoms with E-state index in [-0.39, 0.29) is 4.90 Å². The highest BCUT2D eigenvalue weighted by Crippen LogP contribution is 2.22. The SMILES string of the molecule is Cc1ccc(S(=O)(=O)NCC(=O)Nc2cc(Cl)cc(Cl)c2)cc1C. The average Bonchev–Trinajstić information content (AvgIpc) is 2.47. The maximum Gasteiger partial charge on any atom is 0.241 e. The van der Waals surface area contributed by atoms with Gasteiger partial charge in [0.25, 0.3) is 0 Å². The number of aryl methyl sites for hydroxylation is 2. The third-order valence-electron chi connectivity index (χ3n) is 3.36. The van der Waals surface area contributed by atoms with Crippen LogP contribution in [0.25, 0.3) is 0 Å². The minimum atomic E-state index is -3.77. The number of nitrogens with one attached hydrogen (secondary N) is 2. The van der Waals surface area contributed by atoms with Gasteiger partial charge in [-0.1, -0.05) is 29.3 Å². The van der Waals surface area contributed by atoms with E-state index in [0.717, 1.165) is 11.1 Å². The largest absolute Gasteiger partial charge is 0.325 e. The number of carbonyl (C=O) groups is 1. The van der Waals surface area contributed by atoms with Crippen molar-refractivity contribution in [2.24, 2.45) is 0 Å². The summed E-state index contributed by atoms with van der Waals surface area (Å²) >= 11 is 11.7. The summed E-state index contributed by atoms with van der Waals surface area (Å²) in [5, 5.41) is 3.27. The van der Waals surface area contributed by atoms with Gasteiger partial charge in [-0.15, -0.1) is 0 Å². The van der Waals surface area contributed by atoms with E-state index >= 15 is 0 Å². The van der Waals surface area contributed by atoms with Crippen LogP contribution < -0.4 is 10.0 Å². The van der Waals surface area contributed by atoms with Gasteiger partial charge in [0.05, 0.1) is 11.4 Å². The molecule has 0 unspecified atom stereocenters. The molecule has 0 aliphatic rings. The van der Waals surface area contributed by atoms with Crippen LogP contribution in [0.5, 0.6) is 0 Å². The van der Waals surface area contributed by atoms with Gasteiger partial charge in [0.1, 0.15) is 0 Å². The lowest BCUT2D eigenvalue weighted by atomic mass is 10.1. The van der Waals surface area contributed by atoms with Crippen molar-refractivity contribution < 1.29 is 13.2 Å². The number of rotatable bonds is 5. The molecule has 0 spiro atoms. The highest BCUT2D eigenvalue weighted by Gasteiger charge is 2.16. The number of benzene rings is 2. The van der Waals surface area contributed by atoms with Gasteiger partial charge in [0, 0.05) is 15.7 Å². The summed E-state index contributed by atoms with van der Waals surface area (Å²) in [6.07, 6.45) is 0. The molecule has 2 N–H and O–H groups in total. The molecule has 8 heteroatoms. The van der Waals surface area contributed by atoms with Crippen molar-refractivity contribution in [1.82, 2.24) is 4.72 Å². The second kappa shape index (κ2) is 7.53. The van der Waals surface area contributed by atoms with Crippen molar-refractivity contribution in [3.63, 3.8) is 0 Å². The van der Waals surface area contributed by atoms with Crippen molar-refractivity contribution in [3.8, 4) is 0 Å². The highest BCUT2D eigenvalue weighted by atomic mass is 35.5. The zero-order valence-corrected chi connectivity index (χ0v) is 15.4. The Hall–Kier alpha value is -1.60. The van der Waals surface area contributed by atoms with E-state index in [0.29, 0.717) is 15.7 Å². The maximum atomic E-state index is 12.2. The number of carbonyl (C=O) groups excluding carboxylic acids is 1. The summed E-state index contributed by atoms with van der Waals surface area (Å²) in [6.45, 7) is 3.31. The van der Waals surface area contributed by atoms with Crippen LogP contribution in [0.4, 0.5) is 5.69 Å². The van der Waals surface area contributed by atoms with Crippen molar-refractivity contribution in [1.29, 1.82) is 0 Å². The summed E-state index contributed by atoms with van der Waals surface area (Å²) in [5.74, 6) is -0.527. The van der Waals surface area contributed by atoms with Crippen LogP contribution in [0.3, 0.4) is 0 Å². The number of amides is 1. The number of sulfonamides is 1. The molecule has 0 aliphatic heterocycles. The zero-order chi connectivity index (χ0) is 17.9. The third-order valence-corrected chi connectivity index (χ3v) is 5.19. The molecule has 1 amide bonds. The van der Waals surface area contributed by atoms with Gasteiger partial charge in [-0.3, -0.25) is 4.79 Å². The Morgan fingerprint density at radius 1 is 1.00 bits per heavy atom. The number of anilines is 1. The molecule has 5 nitrogen and oxygen atoms in total. The number of halogens is 2. The molecule has 24 heavy (non-hydrogen) atoms. The van der Waals surface area contributed by atoms with E-state index in [1.54, 1.807) is 12.1 Å². The fourth-order valence-corrected chi connectivity index (χ4v) is 3.55. The van der Waals surface area contributed by atoms with E-state index in [1.807, 2.05) is 13.8 Å². The first kappa shape index (κ1) is 18.7. The van der Waals surface area contributed by atoms with Gasteiger partial charge in [-0.05, 0) is 55.3 Å². The number of hydrogen-bond donors (Lipinski definition) is 2. The van der Waals surface area contributed by atoms with E-state index in [2.05, 4.69) is 10.0 Å². The van der Waals surface area contributed by atoms with E-state index in [4.69, 9.17) is 23.2 Å². The van der Waals surface area contributed by atoms with Crippen molar-refractivity contribution in [2.75, 3.05) is 11.9 Å². The normalized spacial score (nSPS) is 11.3. The van der Waals surface area contributed by atoms with E-state index in [9.17, 15) is 13.2 Å². The van der Waals surface area contributed by atoms with Gasteiger partial charge < -0.3 is 5.32 Å². The molecule has 0 radical (unpaired) electrons. The molecule has 0 aromatic heterocycles. The Morgan fingerprint density at radius 2 is 1.62 bits per heavy atom. The lowest BCUT2D eigenvalue weighted by molar-refractivity contribution is -0.115. The molecule has 0 atom stereocenters. The summed E-state index contributed by atoms with van der Waals surface area (Å²) in [5.41, 5.74) is 2.24. The van der Waals surface area contributed by atoms with Crippen LogP contribution in [0.15, 0.2) is 41.3 Å². The summed E-state index contributed by atoms with van der Waals surface area (Å²) in [4.78, 5) is 12.0. The smallest absolute Gasteiger partial charge is 0.241 e. The summed E-state index contributed by atoms with van der Waals surface area (Å²) < 4.78 is 26.7. The molecular weight excluding hydrogens is 371 g/mol. The quantitative estimate of drug-likeness (QED) is 0.824. The van der Waals surface area contributed by atoms with Crippen LogP contribution in [0.2, 0.25) is 10.0 Å². The predicted molar refractivity (Wildman–Crippen MR) is 96.2 cm³/mol. The topological polar surface area (TPSA) is 75.3 Å². The first-order chi connectivity index (χ1) is 11.2. The number of hydrogen-bond acceptors (Lipinski definition) is 3. The lowest BCUT2D eigenvalue weighted by Gasteiger charge is -2.10. The maximum absolute atomic E-state index is 12.2. The van der Waals surface area contributed by atoms with Crippen LogP contribution in [0.1, 0.15) is 11.1 Å². The average molecular weight is 387 g/mol. The van der Waals surface area contributed by atoms with Gasteiger partial charge in [0.2, 0.25) is 15.9 Å². The second-order valence-corrected chi connectivity index (χ2v) is 7.92. The molecule has 0 heterocycles. The van der Waals surface area contributed by atoms with E-state index in [1.165, 1.54) is 24.3 Å². The monoisotopic (exact) mass is 386 g/mol. The minimum absolute atomic E-state index is 0.115. The summed E-state index contributed by atoms with van der Waals surface area (Å²) in [6, 6.07) is 9.34. The first-order valence-electron chi connectivity index (χ1n) is 7.00. The van der Waals surface area contributed by atoms with Crippen LogP contribution in [-0.4, -0.2) is 20.9 Å². The van der Waals surface area contributed by atoms with Crippen LogP contribution in [0, 0.1) is 13.8 Å². The van der Waals surface area contributed by atoms with E-state index < -0.39 is 22.5 Å². The first-order valence-corrected chi connectivity index (χ1v) is 9.24. The van der Waals surface area contributed by atoms with Gasteiger partial charge in [0.15, 0.2) is 0 Å². The molecule has 0 saturated carbocycles. The van der Waals surface area contributed by atoms with Crippen LogP contribution in [-0.2, 0) is 14.8 Å². The highest BCUT2D eigenvalue weighted by molar-refractivity contribution is 7.89. The molecule has 2 rings (SSSR count). The molecule has 2 aromatic rings. The Kier molecular flexibility index (Phi) is 5.87. The predicted octanol–water partition coefficient (Wildman–Crippen LogP) is 3.53. The van der Waals surface area contributed by atoms with Crippen molar-refractivity contribution in [2.45, 2.75) is 18.7 Å². The second-order valence-electron chi connectivity index (χ2n) is 5.28. The molecule has 0 fully saturated rings. The zero-order valence-electron chi connectivity index (χ0n) is 13.1. The minimum Gasteiger partial charge on any atom is -0.325 e. The molecule has 2 aromatic carbocycles. The fourth-order valence-electron chi connectivity index (χ4n) is 1.96. The lowest BCUT2D eigenvalue weighted by Crippen LogP contribution is -2.33. The Morgan fingerprint density at radius 3 is 2.21 bits per heavy atom. The van der Waals surface area contributed by atoms with Crippen molar-refractivity contribution >= 4 is 44.8 Å². The molecule has 128 valence electrons. The van der Waals surface area contributed by atoms with Gasteiger partial charge >= 0.3 is 0 Å². The summed E-state index contributed by atoms with van der Waals surface area (Å²) in [7, 11) is -3.77. The Bertz CT molecular complexity index is 863. The standard InChI is InChI=1S/C16H16Cl2N2O3S/c1-10-3-4-15(5-11(10)2)24(22,23)19-9-16(21)20-14-7-12(17)6-13(18)8-14/h3-8,19H,9H2,1-2H3,(H,20,21). The Labute approximate surface area is 151 Å². The van der Waals surface area contributed by atoms with Gasteiger partial charge in [-0.25, -0.2) is 13.1 Å². The molecule has 0 bridgehead atoms.